The molecule has 4 heterocycles. The molecule has 2 aromatic carbocycles. The van der Waals surface area contributed by atoms with E-state index in [2.05, 4.69) is 0 Å². The van der Waals surface area contributed by atoms with Gasteiger partial charge in [0.15, 0.2) is 5.60 Å². The van der Waals surface area contributed by atoms with Crippen molar-refractivity contribution in [3.05, 3.63) is 80.4 Å². The minimum Gasteiger partial charge on any atom is -0.508 e. The highest BCUT2D eigenvalue weighted by atomic mass is 19.1. The molecule has 9 heteroatoms. The van der Waals surface area contributed by atoms with Crippen LogP contribution in [0.2, 0.25) is 0 Å². The largest absolute Gasteiger partial charge is 0.508 e. The highest BCUT2D eigenvalue weighted by Gasteiger charge is 2.45. The van der Waals surface area contributed by atoms with Crippen molar-refractivity contribution in [1.29, 1.82) is 0 Å². The van der Waals surface area contributed by atoms with Gasteiger partial charge in [-0.3, -0.25) is 4.79 Å². The summed E-state index contributed by atoms with van der Waals surface area (Å²) in [6, 6.07) is 9.46. The second-order valence-electron chi connectivity index (χ2n) is 9.52. The molecule has 4 N–H and O–H groups in total. The number of aromatic nitrogens is 2. The number of aromatic hydroxyl groups is 1. The van der Waals surface area contributed by atoms with Crippen molar-refractivity contribution in [3.8, 4) is 28.3 Å². The van der Waals surface area contributed by atoms with Crippen molar-refractivity contribution in [2.45, 2.75) is 45.6 Å². The topological polar surface area (TPSA) is 128 Å². The van der Waals surface area contributed by atoms with Crippen LogP contribution in [0.1, 0.15) is 41.2 Å². The van der Waals surface area contributed by atoms with Gasteiger partial charge in [0.05, 0.1) is 29.0 Å². The SMILES string of the molecule is CC[C@@]1(O)C(=O)OCc2c1cc1n(c2=O)Cc2c-1nc1cc(F)c(C)c(-c3ccc(O)cc3)c1c2CN. The lowest BCUT2D eigenvalue weighted by Gasteiger charge is -2.31. The second-order valence-corrected chi connectivity index (χ2v) is 9.52. The van der Waals surface area contributed by atoms with E-state index in [1.165, 1.54) is 22.8 Å². The summed E-state index contributed by atoms with van der Waals surface area (Å²) < 4.78 is 21.9. The predicted molar refractivity (Wildman–Crippen MR) is 134 cm³/mol. The first kappa shape index (κ1) is 23.3. The number of nitrogens with two attached hydrogens (primary N) is 1. The Morgan fingerprint density at radius 2 is 1.92 bits per heavy atom. The van der Waals surface area contributed by atoms with Crippen LogP contribution in [0.5, 0.6) is 5.75 Å². The quantitative estimate of drug-likeness (QED) is 0.324. The zero-order chi connectivity index (χ0) is 26.2. The first-order chi connectivity index (χ1) is 17.7. The molecule has 0 fully saturated rings. The summed E-state index contributed by atoms with van der Waals surface area (Å²) in [6.45, 7) is 3.40. The van der Waals surface area contributed by atoms with E-state index in [0.29, 0.717) is 39.0 Å². The number of aliphatic hydroxyl groups is 1. The van der Waals surface area contributed by atoms with Gasteiger partial charge >= 0.3 is 5.97 Å². The smallest absolute Gasteiger partial charge is 0.343 e. The van der Waals surface area contributed by atoms with Crippen molar-refractivity contribution in [2.75, 3.05) is 0 Å². The number of ether oxygens (including phenoxy) is 1. The van der Waals surface area contributed by atoms with Crippen LogP contribution in [0.3, 0.4) is 0 Å². The minimum atomic E-state index is -1.94. The van der Waals surface area contributed by atoms with Gasteiger partial charge in [0.25, 0.3) is 5.56 Å². The van der Waals surface area contributed by atoms with Crippen LogP contribution in [0.4, 0.5) is 4.39 Å². The number of rotatable bonds is 3. The van der Waals surface area contributed by atoms with Crippen molar-refractivity contribution < 1.29 is 24.1 Å². The van der Waals surface area contributed by atoms with E-state index in [1.807, 2.05) is 0 Å². The molecule has 2 aromatic heterocycles. The number of halogens is 1. The van der Waals surface area contributed by atoms with Crippen molar-refractivity contribution >= 4 is 16.9 Å². The predicted octanol–water partition coefficient (Wildman–Crippen LogP) is 3.36. The molecule has 0 amide bonds. The number of pyridine rings is 2. The monoisotopic (exact) mass is 501 g/mol. The molecule has 0 saturated carbocycles. The van der Waals surface area contributed by atoms with E-state index in [4.69, 9.17) is 15.5 Å². The molecular weight excluding hydrogens is 477 g/mol. The van der Waals surface area contributed by atoms with Crippen molar-refractivity contribution in [3.63, 3.8) is 0 Å². The third-order valence-electron chi connectivity index (χ3n) is 7.65. The van der Waals surface area contributed by atoms with Gasteiger partial charge in [-0.05, 0) is 53.8 Å². The zero-order valence-electron chi connectivity index (χ0n) is 20.3. The number of hydrogen-bond donors (Lipinski definition) is 3. The molecule has 2 aliphatic heterocycles. The number of benzene rings is 2. The summed E-state index contributed by atoms with van der Waals surface area (Å²) in [5.41, 5.74) is 8.86. The van der Waals surface area contributed by atoms with Crippen LogP contribution in [0.25, 0.3) is 33.4 Å². The van der Waals surface area contributed by atoms with Gasteiger partial charge in [0.2, 0.25) is 0 Å². The van der Waals surface area contributed by atoms with E-state index >= 15 is 4.39 Å². The summed E-state index contributed by atoms with van der Waals surface area (Å²) in [4.78, 5) is 30.7. The first-order valence-electron chi connectivity index (χ1n) is 12.0. The average molecular weight is 502 g/mol. The summed E-state index contributed by atoms with van der Waals surface area (Å²) in [7, 11) is 0. The second kappa shape index (κ2) is 7.96. The highest BCUT2D eigenvalue weighted by Crippen LogP contribution is 2.43. The molecule has 0 aliphatic carbocycles. The number of carbonyl (C=O) groups excluding carboxylic acids is 1. The fourth-order valence-corrected chi connectivity index (χ4v) is 5.62. The molecule has 2 aliphatic rings. The highest BCUT2D eigenvalue weighted by molar-refractivity contribution is 6.01. The molecular formula is C28H24FN3O5. The summed E-state index contributed by atoms with van der Waals surface area (Å²) >= 11 is 0. The van der Waals surface area contributed by atoms with E-state index in [9.17, 15) is 19.8 Å². The summed E-state index contributed by atoms with van der Waals surface area (Å²) in [6.07, 6.45) is 0.0360. The lowest BCUT2D eigenvalue weighted by molar-refractivity contribution is -0.172. The number of phenols is 1. The Morgan fingerprint density at radius 1 is 1.19 bits per heavy atom. The normalized spacial score (nSPS) is 17.9. The summed E-state index contributed by atoms with van der Waals surface area (Å²) in [5, 5.41) is 21.5. The van der Waals surface area contributed by atoms with Crippen molar-refractivity contribution in [2.24, 2.45) is 5.73 Å². The maximum absolute atomic E-state index is 15.2. The molecule has 0 saturated heterocycles. The Hall–Kier alpha value is -4.08. The number of hydrogen-bond acceptors (Lipinski definition) is 7. The fraction of sp³-hybridized carbons (Fsp3) is 0.250. The van der Waals surface area contributed by atoms with E-state index in [0.717, 1.165) is 11.1 Å². The van der Waals surface area contributed by atoms with Crippen molar-refractivity contribution in [1.82, 2.24) is 9.55 Å². The van der Waals surface area contributed by atoms with E-state index in [-0.39, 0.29) is 48.6 Å². The molecule has 0 unspecified atom stereocenters. The number of carbonyl (C=O) groups is 1. The average Bonchev–Trinajstić information content (AvgIpc) is 3.25. The van der Waals surface area contributed by atoms with Crippen LogP contribution in [0, 0.1) is 12.7 Å². The lowest BCUT2D eigenvalue weighted by Crippen LogP contribution is -2.44. The molecule has 8 nitrogen and oxygen atoms in total. The van der Waals surface area contributed by atoms with E-state index in [1.54, 1.807) is 32.0 Å². The molecule has 0 radical (unpaired) electrons. The van der Waals surface area contributed by atoms with Gasteiger partial charge in [-0.25, -0.2) is 14.2 Å². The number of fused-ring (bicyclic) bond motifs is 5. The van der Waals surface area contributed by atoms with Gasteiger partial charge in [0.1, 0.15) is 18.2 Å². The Bertz CT molecular complexity index is 1710. The van der Waals surface area contributed by atoms with Crippen LogP contribution >= 0.6 is 0 Å². The van der Waals surface area contributed by atoms with Crippen LogP contribution in [-0.2, 0) is 34.8 Å². The number of cyclic esters (lactones) is 1. The van der Waals surface area contributed by atoms with Gasteiger partial charge < -0.3 is 25.3 Å². The Morgan fingerprint density at radius 3 is 2.59 bits per heavy atom. The zero-order valence-corrected chi connectivity index (χ0v) is 20.3. The maximum atomic E-state index is 15.2. The molecule has 188 valence electrons. The van der Waals surface area contributed by atoms with Crippen LogP contribution < -0.4 is 11.3 Å². The van der Waals surface area contributed by atoms with Crippen LogP contribution in [-0.4, -0.2) is 25.7 Å². The number of esters is 1. The van der Waals surface area contributed by atoms with E-state index < -0.39 is 17.4 Å². The number of phenolic OH excluding ortho intramolecular Hbond substituents is 1. The molecule has 4 aromatic rings. The third kappa shape index (κ3) is 3.11. The summed E-state index contributed by atoms with van der Waals surface area (Å²) in [5.74, 6) is -1.15. The first-order valence-corrected chi connectivity index (χ1v) is 12.0. The molecule has 1 atom stereocenters. The fourth-order valence-electron chi connectivity index (χ4n) is 5.62. The number of nitrogens with zero attached hydrogens (tertiary/aromatic N) is 2. The van der Waals surface area contributed by atoms with Gasteiger partial charge in [-0.15, -0.1) is 0 Å². The minimum absolute atomic E-state index is 0.0360. The molecule has 37 heavy (non-hydrogen) atoms. The van der Waals surface area contributed by atoms with Crippen LogP contribution in [0.15, 0.2) is 41.2 Å². The standard InChI is InChI=1S/C28H24FN3O5/c1-3-28(36)19-8-22-25-17(11-32(22)26(34)18(19)12-37-27(28)35)16(10-30)24-21(31-25)9-20(29)13(2)23(24)14-4-6-15(33)7-5-14/h4-9,33,36H,3,10-12,30H2,1-2H3/t28-/m0/s1. The molecule has 0 bridgehead atoms. The molecule has 0 spiro atoms. The Balaban J connectivity index is 1.68. The maximum Gasteiger partial charge on any atom is 0.343 e. The third-order valence-corrected chi connectivity index (χ3v) is 7.65. The van der Waals surface area contributed by atoms with Gasteiger partial charge in [-0.2, -0.15) is 0 Å². The van der Waals surface area contributed by atoms with Gasteiger partial charge in [-0.1, -0.05) is 19.1 Å². The Labute approximate surface area is 210 Å². The lowest BCUT2D eigenvalue weighted by atomic mass is 9.86. The van der Waals surface area contributed by atoms with Gasteiger partial charge in [0, 0.05) is 29.1 Å². The Kier molecular flexibility index (Phi) is 5.02. The molecule has 6 rings (SSSR count).